The molecule has 42 heavy (non-hydrogen) atoms. The number of aliphatic hydroxyl groups excluding tert-OH is 1. The monoisotopic (exact) mass is 619 g/mol. The van der Waals surface area contributed by atoms with E-state index in [0.717, 1.165) is 29.8 Å². The van der Waals surface area contributed by atoms with Crippen molar-refractivity contribution in [2.75, 3.05) is 31.5 Å². The summed E-state index contributed by atoms with van der Waals surface area (Å²) in [5.74, 6) is -1.28. The lowest BCUT2D eigenvalue weighted by atomic mass is 9.99. The van der Waals surface area contributed by atoms with Crippen LogP contribution in [0.1, 0.15) is 29.8 Å². The summed E-state index contributed by atoms with van der Waals surface area (Å²) in [4.78, 5) is 15.1. The van der Waals surface area contributed by atoms with Gasteiger partial charge in [0.2, 0.25) is 10.0 Å². The lowest BCUT2D eigenvalue weighted by Crippen LogP contribution is -2.50. The Hall–Kier alpha value is -3.52. The van der Waals surface area contributed by atoms with Crippen LogP contribution >= 0.6 is 0 Å². The van der Waals surface area contributed by atoms with Crippen molar-refractivity contribution in [1.82, 2.24) is 9.21 Å². The van der Waals surface area contributed by atoms with Crippen LogP contribution < -0.4 is 9.46 Å². The number of nitrogens with zero attached hydrogens (tertiary/aromatic N) is 2. The van der Waals surface area contributed by atoms with E-state index in [1.165, 1.54) is 46.6 Å². The highest BCUT2D eigenvalue weighted by atomic mass is 32.2. The summed E-state index contributed by atoms with van der Waals surface area (Å²) in [6.07, 6.45) is -0.697. The number of carbonyl (C=O) groups is 1. The van der Waals surface area contributed by atoms with E-state index in [-0.39, 0.29) is 52.4 Å². The molecular weight excluding hydrogens is 585 g/mol. The van der Waals surface area contributed by atoms with E-state index in [0.29, 0.717) is 0 Å². The molecule has 0 saturated heterocycles. The molecule has 0 radical (unpaired) electrons. The molecule has 0 aromatic heterocycles. The van der Waals surface area contributed by atoms with Gasteiger partial charge in [0.15, 0.2) is 0 Å². The number of hydrogen-bond donors (Lipinski definition) is 2. The number of aryl methyl sites for hydroxylation is 1. The molecule has 1 amide bonds. The van der Waals surface area contributed by atoms with Crippen LogP contribution in [0.2, 0.25) is 0 Å². The third-order valence-electron chi connectivity index (χ3n) is 7.21. The zero-order valence-electron chi connectivity index (χ0n) is 23.7. The third-order valence-corrected chi connectivity index (χ3v) is 10.4. The van der Waals surface area contributed by atoms with Crippen molar-refractivity contribution in [3.8, 4) is 5.75 Å². The van der Waals surface area contributed by atoms with E-state index in [9.17, 15) is 31.1 Å². The third kappa shape index (κ3) is 6.75. The lowest BCUT2D eigenvalue weighted by molar-refractivity contribution is 0.0387. The molecule has 3 atom stereocenters. The largest absolute Gasteiger partial charge is 0.488 e. The average molecular weight is 620 g/mol. The highest BCUT2D eigenvalue weighted by Crippen LogP contribution is 2.32. The van der Waals surface area contributed by atoms with E-state index in [1.807, 2.05) is 13.8 Å². The van der Waals surface area contributed by atoms with Gasteiger partial charge in [-0.05, 0) is 68.4 Å². The maximum absolute atomic E-state index is 13.7. The number of benzene rings is 3. The van der Waals surface area contributed by atoms with Gasteiger partial charge in [0.25, 0.3) is 15.9 Å². The Bertz CT molecular complexity index is 1650. The van der Waals surface area contributed by atoms with Gasteiger partial charge < -0.3 is 14.7 Å². The number of ether oxygens (including phenoxy) is 1. The molecule has 0 spiro atoms. The number of amides is 1. The van der Waals surface area contributed by atoms with Crippen LogP contribution in [0.15, 0.2) is 76.5 Å². The van der Waals surface area contributed by atoms with Crippen molar-refractivity contribution >= 4 is 31.6 Å². The van der Waals surface area contributed by atoms with Crippen LogP contribution in [-0.4, -0.2) is 75.9 Å². The zero-order valence-corrected chi connectivity index (χ0v) is 25.3. The van der Waals surface area contributed by atoms with Crippen molar-refractivity contribution < 1.29 is 35.9 Å². The fraction of sp³-hybridized carbons (Fsp3) is 0.345. The lowest BCUT2D eigenvalue weighted by Gasteiger charge is -2.38. The summed E-state index contributed by atoms with van der Waals surface area (Å²) >= 11 is 0. The molecule has 226 valence electrons. The first-order valence-corrected chi connectivity index (χ1v) is 16.2. The predicted molar refractivity (Wildman–Crippen MR) is 156 cm³/mol. The van der Waals surface area contributed by atoms with Crippen LogP contribution in [-0.2, 0) is 20.0 Å². The fourth-order valence-corrected chi connectivity index (χ4v) is 6.81. The Labute approximate surface area is 245 Å². The fourth-order valence-electron chi connectivity index (χ4n) is 4.57. The van der Waals surface area contributed by atoms with Gasteiger partial charge in [-0.1, -0.05) is 24.6 Å². The molecule has 13 heteroatoms. The zero-order chi connectivity index (χ0) is 30.8. The van der Waals surface area contributed by atoms with E-state index in [4.69, 9.17) is 4.74 Å². The number of sulfonamides is 2. The predicted octanol–water partition coefficient (Wildman–Crippen LogP) is 3.48. The number of likely N-dealkylation sites (N-methyl/N-ethyl adjacent to an activating group) is 1. The molecule has 4 rings (SSSR count). The Kier molecular flexibility index (Phi) is 9.26. The molecule has 2 N–H and O–H groups in total. The van der Waals surface area contributed by atoms with Gasteiger partial charge in [0.1, 0.15) is 17.7 Å². The molecule has 1 heterocycles. The minimum Gasteiger partial charge on any atom is -0.488 e. The number of rotatable bonds is 9. The van der Waals surface area contributed by atoms with Crippen molar-refractivity contribution in [3.63, 3.8) is 0 Å². The molecule has 0 unspecified atom stereocenters. The van der Waals surface area contributed by atoms with E-state index in [1.54, 1.807) is 19.1 Å². The second kappa shape index (κ2) is 12.4. The molecule has 10 nitrogen and oxygen atoms in total. The van der Waals surface area contributed by atoms with Crippen LogP contribution in [0.4, 0.5) is 10.1 Å². The smallest absolute Gasteiger partial charge is 0.261 e. The Morgan fingerprint density at radius 2 is 1.67 bits per heavy atom. The molecule has 1 aliphatic rings. The van der Waals surface area contributed by atoms with Gasteiger partial charge in [-0.15, -0.1) is 0 Å². The van der Waals surface area contributed by atoms with Crippen molar-refractivity contribution in [1.29, 1.82) is 0 Å². The average Bonchev–Trinajstić information content (AvgIpc) is 2.95. The van der Waals surface area contributed by atoms with Crippen LogP contribution in [0.25, 0.3) is 0 Å². The summed E-state index contributed by atoms with van der Waals surface area (Å²) in [7, 11) is -6.49. The maximum atomic E-state index is 13.7. The molecule has 0 fully saturated rings. The molecule has 1 aliphatic heterocycles. The second-order valence-corrected chi connectivity index (χ2v) is 14.2. The number of nitrogens with one attached hydrogen (secondary N) is 1. The number of carbonyl (C=O) groups excluding carboxylic acids is 1. The van der Waals surface area contributed by atoms with E-state index in [2.05, 4.69) is 4.72 Å². The second-order valence-electron chi connectivity index (χ2n) is 10.5. The number of halogens is 1. The van der Waals surface area contributed by atoms with Crippen LogP contribution in [0.5, 0.6) is 5.75 Å². The highest BCUT2D eigenvalue weighted by molar-refractivity contribution is 7.92. The van der Waals surface area contributed by atoms with Gasteiger partial charge in [0.05, 0.1) is 34.5 Å². The number of hydrogen-bond acceptors (Lipinski definition) is 7. The summed E-state index contributed by atoms with van der Waals surface area (Å²) in [6, 6.07) is 14.4. The van der Waals surface area contributed by atoms with Crippen LogP contribution in [0, 0.1) is 18.7 Å². The van der Waals surface area contributed by atoms with E-state index < -0.39 is 43.9 Å². The first-order valence-electron chi connectivity index (χ1n) is 13.3. The molecule has 0 bridgehead atoms. The van der Waals surface area contributed by atoms with Crippen LogP contribution in [0.3, 0.4) is 0 Å². The summed E-state index contributed by atoms with van der Waals surface area (Å²) in [6.45, 7) is 5.16. The molecule has 0 aliphatic carbocycles. The number of aliphatic hydroxyl groups is 1. The molecule has 3 aromatic carbocycles. The molecule has 0 saturated carbocycles. The Balaban J connectivity index is 1.68. The number of fused-ring (bicyclic) bond motifs is 1. The van der Waals surface area contributed by atoms with Gasteiger partial charge in [-0.3, -0.25) is 9.52 Å². The van der Waals surface area contributed by atoms with Crippen molar-refractivity contribution in [3.05, 3.63) is 83.7 Å². The first kappa shape index (κ1) is 31.4. The standard InChI is InChI=1S/C29H34FN3O7S2/c1-19-5-10-25(11-6-19)42(38,39)32(4)17-28-20(2)16-33(21(3)18-34)29(35)26-15-23(9-14-27(26)40-28)31-41(36,37)24-12-7-22(30)8-13-24/h5-15,20-21,28,31,34H,16-18H2,1-4H3/t20-,21+,28+/m1/s1. The minimum absolute atomic E-state index is 0.0364. The molecule has 3 aromatic rings. The number of anilines is 1. The molecular formula is C29H34FN3O7S2. The summed E-state index contributed by atoms with van der Waals surface area (Å²) in [5, 5.41) is 9.89. The summed E-state index contributed by atoms with van der Waals surface area (Å²) in [5.41, 5.74) is 1.03. The normalized spacial score (nSPS) is 18.5. The quantitative estimate of drug-likeness (QED) is 0.375. The van der Waals surface area contributed by atoms with Crippen molar-refractivity contribution in [2.24, 2.45) is 5.92 Å². The van der Waals surface area contributed by atoms with Gasteiger partial charge in [0, 0.05) is 25.2 Å². The van der Waals surface area contributed by atoms with Gasteiger partial charge >= 0.3 is 0 Å². The first-order chi connectivity index (χ1) is 19.7. The summed E-state index contributed by atoms with van der Waals surface area (Å²) < 4.78 is 75.5. The SMILES string of the molecule is Cc1ccc(S(=O)(=O)N(C)C[C@@H]2Oc3ccc(NS(=O)(=O)c4ccc(F)cc4)cc3C(=O)N([C@@H](C)CO)C[C@H]2C)cc1. The Morgan fingerprint density at radius 1 is 1.05 bits per heavy atom. The minimum atomic E-state index is -4.10. The topological polar surface area (TPSA) is 133 Å². The van der Waals surface area contributed by atoms with E-state index >= 15 is 0 Å². The van der Waals surface area contributed by atoms with Gasteiger partial charge in [-0.2, -0.15) is 4.31 Å². The Morgan fingerprint density at radius 3 is 2.29 bits per heavy atom. The maximum Gasteiger partial charge on any atom is 0.261 e. The highest BCUT2D eigenvalue weighted by Gasteiger charge is 2.35. The van der Waals surface area contributed by atoms with Crippen molar-refractivity contribution in [2.45, 2.75) is 42.7 Å². The van der Waals surface area contributed by atoms with Gasteiger partial charge in [-0.25, -0.2) is 21.2 Å².